The van der Waals surface area contributed by atoms with Crippen LogP contribution in [0, 0.1) is 0 Å². The van der Waals surface area contributed by atoms with Crippen molar-refractivity contribution in [3.05, 3.63) is 63.9 Å². The second-order valence-corrected chi connectivity index (χ2v) is 6.98. The summed E-state index contributed by atoms with van der Waals surface area (Å²) in [6.45, 7) is 0. The fourth-order valence-corrected chi connectivity index (χ4v) is 3.10. The van der Waals surface area contributed by atoms with E-state index in [-0.39, 0.29) is 5.69 Å². The number of urea groups is 1. The van der Waals surface area contributed by atoms with Gasteiger partial charge in [0.2, 0.25) is 0 Å². The third-order valence-electron chi connectivity index (χ3n) is 3.31. The molecule has 0 aliphatic carbocycles. The second-order valence-electron chi connectivity index (χ2n) is 5.20. The molecule has 4 nitrogen and oxygen atoms in total. The van der Waals surface area contributed by atoms with E-state index in [1.165, 1.54) is 23.5 Å². The van der Waals surface area contributed by atoms with Crippen LogP contribution >= 0.6 is 27.3 Å². The fourth-order valence-electron chi connectivity index (χ4n) is 2.12. The quantitative estimate of drug-likeness (QED) is 0.505. The summed E-state index contributed by atoms with van der Waals surface area (Å²) in [6, 6.07) is 11.3. The average molecular weight is 442 g/mol. The van der Waals surface area contributed by atoms with Crippen molar-refractivity contribution in [2.24, 2.45) is 0 Å². The zero-order valence-corrected chi connectivity index (χ0v) is 15.4. The van der Waals surface area contributed by atoms with Crippen LogP contribution in [0.5, 0.6) is 0 Å². The SMILES string of the molecule is O=C(Nc1cccc(C(F)(F)F)c1)Nc1nc(-c2ccc(Br)cc2)cs1. The first-order valence-corrected chi connectivity index (χ1v) is 8.95. The minimum Gasteiger partial charge on any atom is -0.308 e. The number of alkyl halides is 3. The third kappa shape index (κ3) is 4.61. The van der Waals surface area contributed by atoms with Crippen molar-refractivity contribution in [1.82, 2.24) is 4.98 Å². The molecule has 0 aliphatic heterocycles. The summed E-state index contributed by atoms with van der Waals surface area (Å²) < 4.78 is 39.0. The van der Waals surface area contributed by atoms with Gasteiger partial charge in [-0.3, -0.25) is 5.32 Å². The lowest BCUT2D eigenvalue weighted by molar-refractivity contribution is -0.137. The highest BCUT2D eigenvalue weighted by Crippen LogP contribution is 2.31. The van der Waals surface area contributed by atoms with Crippen molar-refractivity contribution >= 4 is 44.1 Å². The summed E-state index contributed by atoms with van der Waals surface area (Å²) in [6.07, 6.45) is -4.47. The van der Waals surface area contributed by atoms with Crippen LogP contribution in [0.2, 0.25) is 0 Å². The molecule has 0 saturated heterocycles. The predicted molar refractivity (Wildman–Crippen MR) is 99.3 cm³/mol. The van der Waals surface area contributed by atoms with E-state index in [0.717, 1.165) is 22.2 Å². The largest absolute Gasteiger partial charge is 0.416 e. The summed E-state index contributed by atoms with van der Waals surface area (Å²) in [7, 11) is 0. The van der Waals surface area contributed by atoms with Gasteiger partial charge < -0.3 is 5.32 Å². The fraction of sp³-hybridized carbons (Fsp3) is 0.0588. The number of hydrogen-bond donors (Lipinski definition) is 2. The molecular weight excluding hydrogens is 431 g/mol. The van der Waals surface area contributed by atoms with Crippen molar-refractivity contribution in [1.29, 1.82) is 0 Å². The smallest absolute Gasteiger partial charge is 0.308 e. The lowest BCUT2D eigenvalue weighted by atomic mass is 10.2. The third-order valence-corrected chi connectivity index (χ3v) is 4.60. The molecule has 0 unspecified atom stereocenters. The number of halogens is 4. The summed E-state index contributed by atoms with van der Waals surface area (Å²) in [5.74, 6) is 0. The molecule has 0 atom stereocenters. The summed E-state index contributed by atoms with van der Waals surface area (Å²) >= 11 is 4.57. The van der Waals surface area contributed by atoms with Gasteiger partial charge in [0.15, 0.2) is 5.13 Å². The van der Waals surface area contributed by atoms with E-state index in [0.29, 0.717) is 10.8 Å². The zero-order valence-electron chi connectivity index (χ0n) is 13.0. The van der Waals surface area contributed by atoms with Crippen molar-refractivity contribution in [3.8, 4) is 11.3 Å². The van der Waals surface area contributed by atoms with Crippen LogP contribution in [0.15, 0.2) is 58.4 Å². The van der Waals surface area contributed by atoms with Crippen molar-refractivity contribution < 1.29 is 18.0 Å². The Hall–Kier alpha value is -2.39. The normalized spacial score (nSPS) is 11.2. The number of nitrogens with zero attached hydrogens (tertiary/aromatic N) is 1. The highest BCUT2D eigenvalue weighted by molar-refractivity contribution is 9.10. The van der Waals surface area contributed by atoms with Crippen LogP contribution in [0.3, 0.4) is 0 Å². The first-order chi connectivity index (χ1) is 12.3. The molecular formula is C17H11BrF3N3OS. The van der Waals surface area contributed by atoms with Gasteiger partial charge in [0.05, 0.1) is 11.3 Å². The first-order valence-electron chi connectivity index (χ1n) is 7.28. The Kier molecular flexibility index (Phi) is 5.28. The van der Waals surface area contributed by atoms with Gasteiger partial charge in [0.25, 0.3) is 0 Å². The maximum Gasteiger partial charge on any atom is 0.416 e. The molecule has 0 radical (unpaired) electrons. The molecule has 2 aromatic carbocycles. The van der Waals surface area contributed by atoms with E-state index in [9.17, 15) is 18.0 Å². The number of nitrogens with one attached hydrogen (secondary N) is 2. The Bertz CT molecular complexity index is 926. The number of amides is 2. The van der Waals surface area contributed by atoms with Gasteiger partial charge in [-0.2, -0.15) is 13.2 Å². The second kappa shape index (κ2) is 7.46. The van der Waals surface area contributed by atoms with E-state index in [4.69, 9.17) is 0 Å². The van der Waals surface area contributed by atoms with Crippen molar-refractivity contribution in [2.75, 3.05) is 10.6 Å². The molecule has 3 aromatic rings. The molecule has 9 heteroatoms. The molecule has 0 spiro atoms. The van der Waals surface area contributed by atoms with Gasteiger partial charge in [0.1, 0.15) is 0 Å². The average Bonchev–Trinajstić information content (AvgIpc) is 3.03. The standard InChI is InChI=1S/C17H11BrF3N3OS/c18-12-6-4-10(5-7-12)14-9-26-16(23-14)24-15(25)22-13-3-1-2-11(8-13)17(19,20)21/h1-9H,(H2,22,23,24,25). The number of carbonyl (C=O) groups excluding carboxylic acids is 1. The van der Waals surface area contributed by atoms with Gasteiger partial charge in [-0.25, -0.2) is 9.78 Å². The van der Waals surface area contributed by atoms with Gasteiger partial charge in [-0.15, -0.1) is 11.3 Å². The number of carbonyl (C=O) groups is 1. The van der Waals surface area contributed by atoms with Crippen LogP contribution < -0.4 is 10.6 Å². The molecule has 1 aromatic heterocycles. The van der Waals surface area contributed by atoms with Gasteiger partial charge in [-0.1, -0.05) is 34.1 Å². The molecule has 3 rings (SSSR count). The molecule has 26 heavy (non-hydrogen) atoms. The molecule has 1 heterocycles. The van der Waals surface area contributed by atoms with E-state index in [1.54, 1.807) is 5.38 Å². The maximum atomic E-state index is 12.7. The van der Waals surface area contributed by atoms with Crippen LogP contribution in [0.1, 0.15) is 5.56 Å². The van der Waals surface area contributed by atoms with Gasteiger partial charge in [-0.05, 0) is 30.3 Å². The minimum atomic E-state index is -4.47. The van der Waals surface area contributed by atoms with Gasteiger partial charge in [0, 0.05) is 21.1 Å². The molecule has 0 aliphatic rings. The Labute approximate surface area is 159 Å². The van der Waals surface area contributed by atoms with E-state index in [2.05, 4.69) is 31.5 Å². The summed E-state index contributed by atoms with van der Waals surface area (Å²) in [5.41, 5.74) is 0.789. The van der Waals surface area contributed by atoms with Gasteiger partial charge >= 0.3 is 12.2 Å². The molecule has 2 N–H and O–H groups in total. The monoisotopic (exact) mass is 441 g/mol. The van der Waals surface area contributed by atoms with Crippen LogP contribution in [0.4, 0.5) is 28.8 Å². The minimum absolute atomic E-state index is 0.0435. The lowest BCUT2D eigenvalue weighted by Gasteiger charge is -2.09. The number of rotatable bonds is 3. The van der Waals surface area contributed by atoms with Crippen LogP contribution in [-0.2, 0) is 6.18 Å². The zero-order chi connectivity index (χ0) is 18.7. The van der Waals surface area contributed by atoms with Crippen molar-refractivity contribution in [2.45, 2.75) is 6.18 Å². The Morgan fingerprint density at radius 1 is 1.08 bits per heavy atom. The maximum absolute atomic E-state index is 12.7. The number of benzene rings is 2. The Morgan fingerprint density at radius 2 is 1.81 bits per heavy atom. The first kappa shape index (κ1) is 18.4. The highest BCUT2D eigenvalue weighted by Gasteiger charge is 2.30. The molecule has 0 bridgehead atoms. The number of thiazole rings is 1. The molecule has 0 fully saturated rings. The Morgan fingerprint density at radius 3 is 2.50 bits per heavy atom. The Balaban J connectivity index is 1.67. The van der Waals surface area contributed by atoms with E-state index >= 15 is 0 Å². The number of hydrogen-bond acceptors (Lipinski definition) is 3. The van der Waals surface area contributed by atoms with Crippen LogP contribution in [-0.4, -0.2) is 11.0 Å². The summed E-state index contributed by atoms with van der Waals surface area (Å²) in [4.78, 5) is 16.3. The topological polar surface area (TPSA) is 54.0 Å². The molecule has 134 valence electrons. The summed E-state index contributed by atoms with van der Waals surface area (Å²) in [5, 5.41) is 7.01. The number of anilines is 2. The van der Waals surface area contributed by atoms with Crippen molar-refractivity contribution in [3.63, 3.8) is 0 Å². The number of aromatic nitrogens is 1. The van der Waals surface area contributed by atoms with Crippen LogP contribution in [0.25, 0.3) is 11.3 Å². The van der Waals surface area contributed by atoms with E-state index in [1.807, 2.05) is 24.3 Å². The molecule has 2 amide bonds. The van der Waals surface area contributed by atoms with E-state index < -0.39 is 17.8 Å². The molecule has 0 saturated carbocycles. The predicted octanol–water partition coefficient (Wildman–Crippen LogP) is 6.24. The highest BCUT2D eigenvalue weighted by atomic mass is 79.9. The lowest BCUT2D eigenvalue weighted by Crippen LogP contribution is -2.19.